The summed E-state index contributed by atoms with van der Waals surface area (Å²) in [5.74, 6) is 1.34. The van der Waals surface area contributed by atoms with Crippen molar-refractivity contribution in [1.82, 2.24) is 0 Å². The molecule has 0 unspecified atom stereocenters. The topological polar surface area (TPSA) is 87.6 Å². The second-order valence-corrected chi connectivity index (χ2v) is 4.48. The number of hydrogen-bond donors (Lipinski definition) is 1. The van der Waals surface area contributed by atoms with Crippen molar-refractivity contribution in [2.75, 3.05) is 12.3 Å². The van der Waals surface area contributed by atoms with E-state index in [1.807, 2.05) is 13.8 Å². The smallest absolute Gasteiger partial charge is 0.276 e. The van der Waals surface area contributed by atoms with Gasteiger partial charge in [-0.2, -0.15) is 0 Å². The average Bonchev–Trinajstić information content (AvgIpc) is 2.42. The van der Waals surface area contributed by atoms with Gasteiger partial charge in [-0.05, 0) is 37.6 Å². The molecule has 21 heavy (non-hydrogen) atoms. The molecule has 2 aromatic rings. The van der Waals surface area contributed by atoms with Gasteiger partial charge in [0.05, 0.1) is 23.7 Å². The van der Waals surface area contributed by atoms with Crippen LogP contribution in [0.1, 0.15) is 12.5 Å². The number of nitro benzene ring substituents is 1. The average molecular weight is 288 g/mol. The third kappa shape index (κ3) is 3.62. The monoisotopic (exact) mass is 288 g/mol. The molecule has 2 N–H and O–H groups in total. The minimum Gasteiger partial charge on any atom is -0.493 e. The maximum atomic E-state index is 11.0. The SMILES string of the molecule is CCOc1cc(Oc2ccc(N)cc2C)cc([N+](=O)[O-])c1. The molecule has 0 bridgehead atoms. The van der Waals surface area contributed by atoms with Crippen molar-refractivity contribution < 1.29 is 14.4 Å². The van der Waals surface area contributed by atoms with Gasteiger partial charge in [0.1, 0.15) is 17.2 Å². The van der Waals surface area contributed by atoms with Crippen molar-refractivity contribution in [3.8, 4) is 17.2 Å². The number of nitrogens with zero attached hydrogens (tertiary/aromatic N) is 1. The Kier molecular flexibility index (Phi) is 4.27. The highest BCUT2D eigenvalue weighted by molar-refractivity contribution is 5.51. The molecular formula is C15H16N2O4. The lowest BCUT2D eigenvalue weighted by molar-refractivity contribution is -0.385. The molecule has 6 nitrogen and oxygen atoms in total. The fraction of sp³-hybridized carbons (Fsp3) is 0.200. The quantitative estimate of drug-likeness (QED) is 0.515. The molecule has 0 fully saturated rings. The molecule has 2 aromatic carbocycles. The molecule has 110 valence electrons. The van der Waals surface area contributed by atoms with E-state index < -0.39 is 4.92 Å². The van der Waals surface area contributed by atoms with E-state index in [9.17, 15) is 10.1 Å². The zero-order valence-corrected chi connectivity index (χ0v) is 11.8. The fourth-order valence-corrected chi connectivity index (χ4v) is 1.89. The van der Waals surface area contributed by atoms with Gasteiger partial charge in [0.15, 0.2) is 0 Å². The largest absolute Gasteiger partial charge is 0.493 e. The van der Waals surface area contributed by atoms with Gasteiger partial charge in [0.2, 0.25) is 0 Å². The van der Waals surface area contributed by atoms with Crippen LogP contribution < -0.4 is 15.2 Å². The summed E-state index contributed by atoms with van der Waals surface area (Å²) < 4.78 is 11.0. The predicted octanol–water partition coefficient (Wildman–Crippen LogP) is 3.68. The van der Waals surface area contributed by atoms with Crippen LogP contribution in [-0.2, 0) is 0 Å². The van der Waals surface area contributed by atoms with Gasteiger partial charge in [0.25, 0.3) is 5.69 Å². The van der Waals surface area contributed by atoms with E-state index in [-0.39, 0.29) is 5.69 Å². The van der Waals surface area contributed by atoms with Crippen molar-refractivity contribution in [2.45, 2.75) is 13.8 Å². The Bertz CT molecular complexity index is 671. The van der Waals surface area contributed by atoms with E-state index in [0.717, 1.165) is 5.56 Å². The number of nitrogen functional groups attached to an aromatic ring is 1. The zero-order valence-electron chi connectivity index (χ0n) is 11.8. The number of anilines is 1. The fourth-order valence-electron chi connectivity index (χ4n) is 1.89. The van der Waals surface area contributed by atoms with Crippen LogP contribution in [0.15, 0.2) is 36.4 Å². The van der Waals surface area contributed by atoms with Crippen molar-refractivity contribution in [1.29, 1.82) is 0 Å². The molecule has 0 atom stereocenters. The molecule has 0 heterocycles. The number of benzene rings is 2. The van der Waals surface area contributed by atoms with E-state index in [1.54, 1.807) is 24.3 Å². The van der Waals surface area contributed by atoms with Gasteiger partial charge in [0, 0.05) is 11.8 Å². The summed E-state index contributed by atoms with van der Waals surface area (Å²) in [6, 6.07) is 9.56. The van der Waals surface area contributed by atoms with Crippen molar-refractivity contribution in [2.24, 2.45) is 0 Å². The summed E-state index contributed by atoms with van der Waals surface area (Å²) >= 11 is 0. The van der Waals surface area contributed by atoms with Crippen molar-refractivity contribution in [3.05, 3.63) is 52.1 Å². The first-order valence-corrected chi connectivity index (χ1v) is 6.46. The van der Waals surface area contributed by atoms with E-state index in [2.05, 4.69) is 0 Å². The van der Waals surface area contributed by atoms with E-state index in [4.69, 9.17) is 15.2 Å². The minimum absolute atomic E-state index is 0.0796. The highest BCUT2D eigenvalue weighted by Gasteiger charge is 2.12. The van der Waals surface area contributed by atoms with Crippen LogP contribution in [0.3, 0.4) is 0 Å². The molecule has 0 saturated heterocycles. The summed E-state index contributed by atoms with van der Waals surface area (Å²) in [6.45, 7) is 4.08. The Morgan fingerprint density at radius 3 is 2.52 bits per heavy atom. The molecule has 0 saturated carbocycles. The van der Waals surface area contributed by atoms with Gasteiger partial charge < -0.3 is 15.2 Å². The Morgan fingerprint density at radius 1 is 1.19 bits per heavy atom. The van der Waals surface area contributed by atoms with Crippen molar-refractivity contribution >= 4 is 11.4 Å². The molecule has 0 aliphatic heterocycles. The normalized spacial score (nSPS) is 10.2. The maximum Gasteiger partial charge on any atom is 0.276 e. The standard InChI is InChI=1S/C15H16N2O4/c1-3-20-13-7-12(17(18)19)8-14(9-13)21-15-5-4-11(16)6-10(15)2/h4-9H,3,16H2,1-2H3. The Balaban J connectivity index is 2.36. The predicted molar refractivity (Wildman–Crippen MR) is 79.9 cm³/mol. The van der Waals surface area contributed by atoms with Gasteiger partial charge in [-0.15, -0.1) is 0 Å². The van der Waals surface area contributed by atoms with Crippen LogP contribution >= 0.6 is 0 Å². The second-order valence-electron chi connectivity index (χ2n) is 4.48. The Hall–Kier alpha value is -2.76. The van der Waals surface area contributed by atoms with Gasteiger partial charge in [-0.25, -0.2) is 0 Å². The summed E-state index contributed by atoms with van der Waals surface area (Å²) in [4.78, 5) is 10.5. The third-order valence-corrected chi connectivity index (χ3v) is 2.81. The number of hydrogen-bond acceptors (Lipinski definition) is 5. The summed E-state index contributed by atoms with van der Waals surface area (Å²) in [5.41, 5.74) is 7.08. The highest BCUT2D eigenvalue weighted by Crippen LogP contribution is 2.32. The molecule has 2 rings (SSSR count). The first-order chi connectivity index (χ1) is 9.99. The minimum atomic E-state index is -0.481. The molecule has 6 heteroatoms. The molecular weight excluding hydrogens is 272 g/mol. The number of nitrogens with two attached hydrogens (primary N) is 1. The number of nitro groups is 1. The number of rotatable bonds is 5. The Morgan fingerprint density at radius 2 is 1.90 bits per heavy atom. The van der Waals surface area contributed by atoms with E-state index in [0.29, 0.717) is 29.5 Å². The van der Waals surface area contributed by atoms with E-state index in [1.165, 1.54) is 12.1 Å². The number of ether oxygens (including phenoxy) is 2. The molecule has 0 aliphatic rings. The first kappa shape index (κ1) is 14.6. The summed E-state index contributed by atoms with van der Waals surface area (Å²) in [5, 5.41) is 11.0. The van der Waals surface area contributed by atoms with Gasteiger partial charge in [-0.1, -0.05) is 0 Å². The maximum absolute atomic E-state index is 11.0. The summed E-state index contributed by atoms with van der Waals surface area (Å²) in [7, 11) is 0. The number of aryl methyl sites for hydroxylation is 1. The second kappa shape index (κ2) is 6.13. The Labute approximate surface area is 122 Å². The zero-order chi connectivity index (χ0) is 15.4. The first-order valence-electron chi connectivity index (χ1n) is 6.46. The van der Waals surface area contributed by atoms with Crippen molar-refractivity contribution in [3.63, 3.8) is 0 Å². The van der Waals surface area contributed by atoms with E-state index >= 15 is 0 Å². The van der Waals surface area contributed by atoms with Crippen LogP contribution in [0.4, 0.5) is 11.4 Å². The van der Waals surface area contributed by atoms with Crippen LogP contribution in [0.25, 0.3) is 0 Å². The highest BCUT2D eigenvalue weighted by atomic mass is 16.6. The third-order valence-electron chi connectivity index (χ3n) is 2.81. The molecule has 0 spiro atoms. The lowest BCUT2D eigenvalue weighted by atomic mass is 10.2. The van der Waals surface area contributed by atoms with Crippen LogP contribution in [0.5, 0.6) is 17.2 Å². The summed E-state index contributed by atoms with van der Waals surface area (Å²) in [6.07, 6.45) is 0. The van der Waals surface area contributed by atoms with Gasteiger partial charge in [-0.3, -0.25) is 10.1 Å². The lowest BCUT2D eigenvalue weighted by Gasteiger charge is -2.11. The molecule has 0 radical (unpaired) electrons. The molecule has 0 aromatic heterocycles. The van der Waals surface area contributed by atoms with Crippen LogP contribution in [0, 0.1) is 17.0 Å². The lowest BCUT2D eigenvalue weighted by Crippen LogP contribution is -1.96. The van der Waals surface area contributed by atoms with Gasteiger partial charge >= 0.3 is 0 Å². The molecule has 0 amide bonds. The number of non-ortho nitro benzene ring substituents is 1. The molecule has 0 aliphatic carbocycles. The van der Waals surface area contributed by atoms with Crippen LogP contribution in [-0.4, -0.2) is 11.5 Å². The van der Waals surface area contributed by atoms with Crippen LogP contribution in [0.2, 0.25) is 0 Å².